The number of carbonyl (C=O) groups is 1. The summed E-state index contributed by atoms with van der Waals surface area (Å²) in [5.74, 6) is 0.291. The zero-order chi connectivity index (χ0) is 10.0. The summed E-state index contributed by atoms with van der Waals surface area (Å²) in [5, 5.41) is 3.19. The van der Waals surface area contributed by atoms with Crippen LogP contribution in [0.5, 0.6) is 0 Å². The van der Waals surface area contributed by atoms with Crippen LogP contribution in [0.3, 0.4) is 0 Å². The Morgan fingerprint density at radius 1 is 1.57 bits per heavy atom. The van der Waals surface area contributed by atoms with Crippen LogP contribution in [0.1, 0.15) is 32.6 Å². The van der Waals surface area contributed by atoms with E-state index in [2.05, 4.69) is 12.2 Å². The van der Waals surface area contributed by atoms with E-state index in [0.717, 1.165) is 6.54 Å². The van der Waals surface area contributed by atoms with E-state index >= 15 is 0 Å². The Morgan fingerprint density at radius 2 is 2.36 bits per heavy atom. The Kier molecular flexibility index (Phi) is 2.88. The van der Waals surface area contributed by atoms with Gasteiger partial charge in [-0.3, -0.25) is 4.79 Å². The molecule has 1 unspecified atom stereocenters. The highest BCUT2D eigenvalue weighted by Crippen LogP contribution is 2.43. The van der Waals surface area contributed by atoms with Gasteiger partial charge in [0.05, 0.1) is 6.61 Å². The van der Waals surface area contributed by atoms with E-state index in [1.165, 1.54) is 19.3 Å². The molecule has 3 nitrogen and oxygen atoms in total. The highest BCUT2D eigenvalue weighted by atomic mass is 16.5. The van der Waals surface area contributed by atoms with Crippen molar-refractivity contribution in [2.24, 2.45) is 5.41 Å². The Morgan fingerprint density at radius 3 is 2.86 bits per heavy atom. The highest BCUT2D eigenvalue weighted by molar-refractivity contribution is 5.84. The number of hydrogen-bond acceptors (Lipinski definition) is 3. The molecule has 1 atom stereocenters. The third-order valence-electron chi connectivity index (χ3n) is 3.45. The van der Waals surface area contributed by atoms with Crippen LogP contribution >= 0.6 is 0 Å². The molecule has 2 rings (SSSR count). The van der Waals surface area contributed by atoms with E-state index < -0.39 is 0 Å². The minimum Gasteiger partial charge on any atom is -0.368 e. The first-order valence-electron chi connectivity index (χ1n) is 5.55. The van der Waals surface area contributed by atoms with Crippen molar-refractivity contribution in [2.45, 2.75) is 38.7 Å². The molecule has 1 aliphatic heterocycles. The minimum atomic E-state index is -0.179. The number of ketones is 1. The maximum absolute atomic E-state index is 11.8. The molecule has 14 heavy (non-hydrogen) atoms. The molecule has 1 saturated heterocycles. The van der Waals surface area contributed by atoms with Crippen LogP contribution in [0.25, 0.3) is 0 Å². The molecule has 2 aliphatic rings. The lowest BCUT2D eigenvalue weighted by atomic mass is 9.67. The third-order valence-corrected chi connectivity index (χ3v) is 3.45. The molecule has 80 valence electrons. The topological polar surface area (TPSA) is 38.3 Å². The second-order valence-corrected chi connectivity index (χ2v) is 4.87. The van der Waals surface area contributed by atoms with Gasteiger partial charge in [-0.25, -0.2) is 0 Å². The number of rotatable bonds is 3. The lowest BCUT2D eigenvalue weighted by Crippen LogP contribution is -2.45. The van der Waals surface area contributed by atoms with E-state index in [-0.39, 0.29) is 11.5 Å². The summed E-state index contributed by atoms with van der Waals surface area (Å²) in [6, 6.07) is 0. The summed E-state index contributed by atoms with van der Waals surface area (Å²) < 4.78 is 5.44. The number of hydrogen-bond donors (Lipinski definition) is 1. The van der Waals surface area contributed by atoms with E-state index in [0.29, 0.717) is 25.4 Å². The van der Waals surface area contributed by atoms with Gasteiger partial charge >= 0.3 is 0 Å². The van der Waals surface area contributed by atoms with E-state index in [9.17, 15) is 4.79 Å². The Hall–Kier alpha value is -0.410. The fourth-order valence-electron chi connectivity index (χ4n) is 2.26. The Labute approximate surface area is 85.2 Å². The quantitative estimate of drug-likeness (QED) is 0.737. The molecule has 2 fully saturated rings. The first-order valence-corrected chi connectivity index (χ1v) is 5.55. The summed E-state index contributed by atoms with van der Waals surface area (Å²) in [7, 11) is 0. The van der Waals surface area contributed by atoms with Crippen molar-refractivity contribution < 1.29 is 9.53 Å². The van der Waals surface area contributed by atoms with Gasteiger partial charge in [0.2, 0.25) is 0 Å². The van der Waals surface area contributed by atoms with Crippen LogP contribution in [-0.4, -0.2) is 31.6 Å². The Balaban J connectivity index is 1.81. The number of ether oxygens (including phenoxy) is 1. The molecular weight excluding hydrogens is 178 g/mol. The van der Waals surface area contributed by atoms with Gasteiger partial charge in [0.25, 0.3) is 0 Å². The van der Waals surface area contributed by atoms with E-state index in [1.54, 1.807) is 0 Å². The van der Waals surface area contributed by atoms with Crippen LogP contribution in [-0.2, 0) is 9.53 Å². The summed E-state index contributed by atoms with van der Waals surface area (Å²) >= 11 is 0. The standard InChI is InChI=1S/C11H19NO2/c1-11(3-2-4-11)7-9(13)10-8-12-5-6-14-10/h10,12H,2-8H2,1H3. The molecule has 1 heterocycles. The van der Waals surface area contributed by atoms with Gasteiger partial charge < -0.3 is 10.1 Å². The van der Waals surface area contributed by atoms with Crippen molar-refractivity contribution in [2.75, 3.05) is 19.7 Å². The molecule has 0 amide bonds. The summed E-state index contributed by atoms with van der Waals surface area (Å²) in [5.41, 5.74) is 0.290. The van der Waals surface area contributed by atoms with Crippen LogP contribution in [0.15, 0.2) is 0 Å². The van der Waals surface area contributed by atoms with Gasteiger partial charge in [0.1, 0.15) is 6.10 Å². The molecule has 0 radical (unpaired) electrons. The van der Waals surface area contributed by atoms with Crippen LogP contribution in [0.4, 0.5) is 0 Å². The molecular formula is C11H19NO2. The smallest absolute Gasteiger partial charge is 0.163 e. The molecule has 0 spiro atoms. The summed E-state index contributed by atoms with van der Waals surface area (Å²) in [6.07, 6.45) is 4.23. The van der Waals surface area contributed by atoms with Crippen LogP contribution < -0.4 is 5.32 Å². The zero-order valence-electron chi connectivity index (χ0n) is 8.84. The maximum Gasteiger partial charge on any atom is 0.163 e. The second kappa shape index (κ2) is 3.99. The molecule has 0 aromatic rings. The van der Waals surface area contributed by atoms with Gasteiger partial charge in [-0.2, -0.15) is 0 Å². The molecule has 1 N–H and O–H groups in total. The number of morpholine rings is 1. The largest absolute Gasteiger partial charge is 0.368 e. The van der Waals surface area contributed by atoms with Crippen molar-refractivity contribution in [1.29, 1.82) is 0 Å². The van der Waals surface area contributed by atoms with Gasteiger partial charge in [-0.1, -0.05) is 13.3 Å². The van der Waals surface area contributed by atoms with Gasteiger partial charge in [-0.15, -0.1) is 0 Å². The maximum atomic E-state index is 11.8. The van der Waals surface area contributed by atoms with Gasteiger partial charge in [-0.05, 0) is 18.3 Å². The predicted molar refractivity (Wildman–Crippen MR) is 54.2 cm³/mol. The average Bonchev–Trinajstić information content (AvgIpc) is 2.17. The SMILES string of the molecule is CC1(CC(=O)C2CNCCO2)CCC1. The average molecular weight is 197 g/mol. The van der Waals surface area contributed by atoms with E-state index in [1.807, 2.05) is 0 Å². The second-order valence-electron chi connectivity index (χ2n) is 4.87. The van der Waals surface area contributed by atoms with E-state index in [4.69, 9.17) is 4.74 Å². The third kappa shape index (κ3) is 2.15. The number of Topliss-reactive ketones (excluding diaryl/α,β-unsaturated/α-hetero) is 1. The molecule has 0 aromatic carbocycles. The first kappa shape index (κ1) is 10.1. The van der Waals surface area contributed by atoms with Crippen molar-refractivity contribution in [1.82, 2.24) is 5.32 Å². The zero-order valence-corrected chi connectivity index (χ0v) is 8.84. The van der Waals surface area contributed by atoms with Crippen LogP contribution in [0.2, 0.25) is 0 Å². The first-order chi connectivity index (χ1) is 6.70. The number of carbonyl (C=O) groups excluding carboxylic acids is 1. The van der Waals surface area contributed by atoms with Gasteiger partial charge in [0, 0.05) is 19.5 Å². The minimum absolute atomic E-state index is 0.179. The normalized spacial score (nSPS) is 30.8. The number of nitrogens with one attached hydrogen (secondary N) is 1. The lowest BCUT2D eigenvalue weighted by molar-refractivity contribution is -0.135. The molecule has 1 saturated carbocycles. The van der Waals surface area contributed by atoms with Crippen molar-refractivity contribution in [3.8, 4) is 0 Å². The molecule has 0 bridgehead atoms. The van der Waals surface area contributed by atoms with Crippen molar-refractivity contribution in [3.63, 3.8) is 0 Å². The predicted octanol–water partition coefficient (Wildman–Crippen LogP) is 1.12. The van der Waals surface area contributed by atoms with Crippen LogP contribution in [0, 0.1) is 5.41 Å². The molecule has 1 aliphatic carbocycles. The fourth-order valence-corrected chi connectivity index (χ4v) is 2.26. The van der Waals surface area contributed by atoms with Gasteiger partial charge in [0.15, 0.2) is 5.78 Å². The summed E-state index contributed by atoms with van der Waals surface area (Å²) in [4.78, 5) is 11.8. The monoisotopic (exact) mass is 197 g/mol. The highest BCUT2D eigenvalue weighted by Gasteiger charge is 2.36. The Bertz CT molecular complexity index is 217. The molecule has 0 aromatic heterocycles. The lowest BCUT2D eigenvalue weighted by Gasteiger charge is -2.39. The van der Waals surface area contributed by atoms with Crippen molar-refractivity contribution in [3.05, 3.63) is 0 Å². The van der Waals surface area contributed by atoms with Crippen molar-refractivity contribution >= 4 is 5.78 Å². The summed E-state index contributed by atoms with van der Waals surface area (Å²) in [6.45, 7) is 4.47. The fraction of sp³-hybridized carbons (Fsp3) is 0.909. The molecule has 3 heteroatoms.